The van der Waals surface area contributed by atoms with Gasteiger partial charge < -0.3 is 10.6 Å². The second-order valence-electron chi connectivity index (χ2n) is 8.54. The van der Waals surface area contributed by atoms with Gasteiger partial charge >= 0.3 is 0 Å². The van der Waals surface area contributed by atoms with Crippen molar-refractivity contribution in [1.82, 2.24) is 9.55 Å². The van der Waals surface area contributed by atoms with E-state index in [9.17, 15) is 14.4 Å². The fraction of sp³-hybridized carbons (Fsp3) is 0.185. The second-order valence-corrected chi connectivity index (χ2v) is 8.95. The summed E-state index contributed by atoms with van der Waals surface area (Å²) in [5, 5.41) is 6.21. The summed E-state index contributed by atoms with van der Waals surface area (Å²) in [7, 11) is 0. The molecular formula is C27H25ClN4O3. The SMILES string of the molecule is Cc1ccc(NC(=O)Cn2c(=O)c(-c3ccccc3NC(=O)C(C)C)nc3ccccc32)cc1Cl. The van der Waals surface area contributed by atoms with Gasteiger partial charge in [0.1, 0.15) is 12.2 Å². The van der Waals surface area contributed by atoms with E-state index >= 15 is 0 Å². The highest BCUT2D eigenvalue weighted by Crippen LogP contribution is 2.26. The van der Waals surface area contributed by atoms with Crippen LogP contribution in [0.2, 0.25) is 5.02 Å². The molecule has 2 amide bonds. The van der Waals surface area contributed by atoms with Crippen LogP contribution in [0.15, 0.2) is 71.5 Å². The number of nitrogens with one attached hydrogen (secondary N) is 2. The van der Waals surface area contributed by atoms with Crippen molar-refractivity contribution in [2.24, 2.45) is 5.92 Å². The van der Waals surface area contributed by atoms with Gasteiger partial charge in [-0.2, -0.15) is 0 Å². The summed E-state index contributed by atoms with van der Waals surface area (Å²) in [6, 6.07) is 19.4. The number of benzene rings is 3. The summed E-state index contributed by atoms with van der Waals surface area (Å²) in [4.78, 5) is 43.5. The quantitative estimate of drug-likeness (QED) is 0.387. The minimum atomic E-state index is -0.438. The third-order valence-corrected chi connectivity index (χ3v) is 5.98. The molecule has 178 valence electrons. The first kappa shape index (κ1) is 24.2. The molecule has 0 atom stereocenters. The lowest BCUT2D eigenvalue weighted by Crippen LogP contribution is -2.30. The molecule has 2 N–H and O–H groups in total. The minimum Gasteiger partial charge on any atom is -0.325 e. The third-order valence-electron chi connectivity index (χ3n) is 5.57. The fourth-order valence-electron chi connectivity index (χ4n) is 3.62. The lowest BCUT2D eigenvalue weighted by atomic mass is 10.1. The molecule has 3 aromatic carbocycles. The average Bonchev–Trinajstić information content (AvgIpc) is 2.83. The van der Waals surface area contributed by atoms with Crippen LogP contribution in [-0.2, 0) is 16.1 Å². The Morgan fingerprint density at radius 2 is 1.71 bits per heavy atom. The molecule has 0 unspecified atom stereocenters. The number of carbonyl (C=O) groups excluding carboxylic acids is 2. The van der Waals surface area contributed by atoms with Crippen LogP contribution in [0.1, 0.15) is 19.4 Å². The molecule has 8 heteroatoms. The summed E-state index contributed by atoms with van der Waals surface area (Å²) >= 11 is 6.17. The Kier molecular flexibility index (Phi) is 6.98. The summed E-state index contributed by atoms with van der Waals surface area (Å²) < 4.78 is 1.39. The Balaban J connectivity index is 1.77. The molecule has 7 nitrogen and oxygen atoms in total. The van der Waals surface area contributed by atoms with Gasteiger partial charge in [0.25, 0.3) is 5.56 Å². The zero-order valence-corrected chi connectivity index (χ0v) is 20.4. The van der Waals surface area contributed by atoms with E-state index in [2.05, 4.69) is 15.6 Å². The maximum atomic E-state index is 13.6. The van der Waals surface area contributed by atoms with Crippen molar-refractivity contribution in [3.8, 4) is 11.3 Å². The molecule has 1 aromatic heterocycles. The molecule has 0 saturated carbocycles. The lowest BCUT2D eigenvalue weighted by molar-refractivity contribution is -0.119. The van der Waals surface area contributed by atoms with E-state index in [0.29, 0.717) is 33.0 Å². The van der Waals surface area contributed by atoms with E-state index in [1.54, 1.807) is 68.4 Å². The van der Waals surface area contributed by atoms with Crippen molar-refractivity contribution in [3.63, 3.8) is 0 Å². The van der Waals surface area contributed by atoms with Gasteiger partial charge in [-0.25, -0.2) is 4.98 Å². The van der Waals surface area contributed by atoms with Crippen molar-refractivity contribution < 1.29 is 9.59 Å². The molecule has 0 aliphatic carbocycles. The van der Waals surface area contributed by atoms with Crippen molar-refractivity contribution in [2.75, 3.05) is 10.6 Å². The third kappa shape index (κ3) is 5.25. The summed E-state index contributed by atoms with van der Waals surface area (Å²) in [6.45, 7) is 5.23. The molecule has 4 aromatic rings. The van der Waals surface area contributed by atoms with Crippen LogP contribution in [0.5, 0.6) is 0 Å². The fourth-order valence-corrected chi connectivity index (χ4v) is 3.80. The largest absolute Gasteiger partial charge is 0.325 e. The van der Waals surface area contributed by atoms with Crippen LogP contribution >= 0.6 is 11.6 Å². The zero-order chi connectivity index (χ0) is 25.1. The molecule has 1 heterocycles. The maximum Gasteiger partial charge on any atom is 0.278 e. The molecule has 0 aliphatic heterocycles. The number of hydrogen-bond acceptors (Lipinski definition) is 4. The Hall–Kier alpha value is -3.97. The van der Waals surface area contributed by atoms with E-state index in [-0.39, 0.29) is 30.0 Å². The summed E-state index contributed by atoms with van der Waals surface area (Å²) in [5.41, 5.74) is 3.20. The molecule has 0 radical (unpaired) electrons. The second kappa shape index (κ2) is 10.1. The first-order valence-corrected chi connectivity index (χ1v) is 11.6. The molecule has 4 rings (SSSR count). The zero-order valence-electron chi connectivity index (χ0n) is 19.6. The number of anilines is 2. The molecule has 35 heavy (non-hydrogen) atoms. The number of aryl methyl sites for hydroxylation is 1. The molecule has 0 saturated heterocycles. The predicted molar refractivity (Wildman–Crippen MR) is 140 cm³/mol. The number of rotatable bonds is 6. The van der Waals surface area contributed by atoms with E-state index in [0.717, 1.165) is 5.56 Å². The first-order chi connectivity index (χ1) is 16.7. The van der Waals surface area contributed by atoms with E-state index < -0.39 is 5.56 Å². The smallest absolute Gasteiger partial charge is 0.278 e. The Morgan fingerprint density at radius 3 is 2.46 bits per heavy atom. The van der Waals surface area contributed by atoms with Crippen molar-refractivity contribution in [3.05, 3.63) is 87.7 Å². The molecule has 0 aliphatic rings. The minimum absolute atomic E-state index is 0.148. The van der Waals surface area contributed by atoms with Gasteiger partial charge in [-0.3, -0.25) is 19.0 Å². The number of fused-ring (bicyclic) bond motifs is 1. The van der Waals surface area contributed by atoms with Crippen LogP contribution in [0.4, 0.5) is 11.4 Å². The Morgan fingerprint density at radius 1 is 1.00 bits per heavy atom. The number of hydrogen-bond donors (Lipinski definition) is 2. The molecule has 0 fully saturated rings. The van der Waals surface area contributed by atoms with Crippen LogP contribution in [-0.4, -0.2) is 21.4 Å². The molecular weight excluding hydrogens is 464 g/mol. The molecule has 0 bridgehead atoms. The van der Waals surface area contributed by atoms with Crippen molar-refractivity contribution in [2.45, 2.75) is 27.3 Å². The van der Waals surface area contributed by atoms with Gasteiger partial charge in [0.15, 0.2) is 0 Å². The van der Waals surface area contributed by atoms with Crippen LogP contribution in [0.3, 0.4) is 0 Å². The summed E-state index contributed by atoms with van der Waals surface area (Å²) in [5.74, 6) is -0.784. The normalized spacial score (nSPS) is 11.0. The van der Waals surface area contributed by atoms with Crippen molar-refractivity contribution >= 4 is 45.8 Å². The highest BCUT2D eigenvalue weighted by atomic mass is 35.5. The average molecular weight is 489 g/mol. The van der Waals surface area contributed by atoms with Crippen molar-refractivity contribution in [1.29, 1.82) is 0 Å². The number of nitrogens with zero attached hydrogens (tertiary/aromatic N) is 2. The number of aromatic nitrogens is 2. The van der Waals surface area contributed by atoms with Gasteiger partial charge in [0, 0.05) is 22.2 Å². The van der Waals surface area contributed by atoms with Crippen LogP contribution < -0.4 is 16.2 Å². The summed E-state index contributed by atoms with van der Waals surface area (Å²) in [6.07, 6.45) is 0. The number of halogens is 1. The number of carbonyl (C=O) groups is 2. The van der Waals surface area contributed by atoms with Gasteiger partial charge in [0.2, 0.25) is 11.8 Å². The molecule has 0 spiro atoms. The number of amides is 2. The van der Waals surface area contributed by atoms with Gasteiger partial charge in [-0.05, 0) is 42.8 Å². The van der Waals surface area contributed by atoms with E-state index in [4.69, 9.17) is 11.6 Å². The topological polar surface area (TPSA) is 93.1 Å². The first-order valence-electron chi connectivity index (χ1n) is 11.2. The Bertz CT molecular complexity index is 1490. The predicted octanol–water partition coefficient (Wildman–Crippen LogP) is 5.26. The highest BCUT2D eigenvalue weighted by Gasteiger charge is 2.19. The van der Waals surface area contributed by atoms with Gasteiger partial charge in [-0.15, -0.1) is 0 Å². The lowest BCUT2D eigenvalue weighted by Gasteiger charge is -2.15. The maximum absolute atomic E-state index is 13.6. The number of para-hydroxylation sites is 3. The standard InChI is InChI=1S/C27H25ClN4O3/c1-16(2)26(34)31-21-9-5-4-8-19(21)25-27(35)32(23-11-7-6-10-22(23)30-25)15-24(33)29-18-13-12-17(3)20(28)14-18/h4-14,16H,15H2,1-3H3,(H,29,33)(H,31,34). The highest BCUT2D eigenvalue weighted by molar-refractivity contribution is 6.31. The van der Waals surface area contributed by atoms with Crippen LogP contribution in [0, 0.1) is 12.8 Å². The van der Waals surface area contributed by atoms with Gasteiger partial charge in [-0.1, -0.05) is 61.8 Å². The van der Waals surface area contributed by atoms with E-state index in [1.807, 2.05) is 19.1 Å². The Labute approximate surface area is 207 Å². The van der Waals surface area contributed by atoms with Crippen LogP contribution in [0.25, 0.3) is 22.3 Å². The van der Waals surface area contributed by atoms with E-state index in [1.165, 1.54) is 4.57 Å². The van der Waals surface area contributed by atoms with Gasteiger partial charge in [0.05, 0.1) is 16.7 Å². The monoisotopic (exact) mass is 488 g/mol.